The molecule has 0 amide bonds. The van der Waals surface area contributed by atoms with Crippen molar-refractivity contribution < 1.29 is 5.11 Å². The summed E-state index contributed by atoms with van der Waals surface area (Å²) in [6, 6.07) is 6.10. The van der Waals surface area contributed by atoms with E-state index in [1.165, 1.54) is 11.1 Å². The van der Waals surface area contributed by atoms with E-state index in [9.17, 15) is 0 Å². The third-order valence-corrected chi connectivity index (χ3v) is 2.91. The number of aliphatic hydroxyl groups is 1. The molecule has 2 heteroatoms. The maximum Gasteiger partial charge on any atom is 0.0436 e. The van der Waals surface area contributed by atoms with Crippen LogP contribution in [0.15, 0.2) is 18.2 Å². The van der Waals surface area contributed by atoms with E-state index in [4.69, 9.17) is 10.8 Å². The lowest BCUT2D eigenvalue weighted by Crippen LogP contribution is -1.97. The predicted molar refractivity (Wildman–Crippen MR) is 53.6 cm³/mol. The Balaban J connectivity index is 2.32. The van der Waals surface area contributed by atoms with E-state index in [0.29, 0.717) is 5.92 Å². The van der Waals surface area contributed by atoms with Gasteiger partial charge in [0, 0.05) is 12.3 Å². The third-order valence-electron chi connectivity index (χ3n) is 2.91. The summed E-state index contributed by atoms with van der Waals surface area (Å²) >= 11 is 0. The SMILES string of the molecule is Nc1cccc2c1CCC2CCO. The summed E-state index contributed by atoms with van der Waals surface area (Å²) in [5.74, 6) is 0.531. The monoisotopic (exact) mass is 177 g/mol. The molecule has 0 aromatic heterocycles. The summed E-state index contributed by atoms with van der Waals surface area (Å²) in [5, 5.41) is 8.89. The van der Waals surface area contributed by atoms with Crippen LogP contribution in [0.5, 0.6) is 0 Å². The molecular weight excluding hydrogens is 162 g/mol. The van der Waals surface area contributed by atoms with Crippen LogP contribution < -0.4 is 5.73 Å². The fraction of sp³-hybridized carbons (Fsp3) is 0.455. The number of hydrogen-bond acceptors (Lipinski definition) is 2. The molecule has 0 saturated heterocycles. The Hall–Kier alpha value is -1.02. The smallest absolute Gasteiger partial charge is 0.0436 e. The highest BCUT2D eigenvalue weighted by Gasteiger charge is 2.22. The van der Waals surface area contributed by atoms with Crippen LogP contribution in [-0.4, -0.2) is 11.7 Å². The highest BCUT2D eigenvalue weighted by atomic mass is 16.3. The van der Waals surface area contributed by atoms with Gasteiger partial charge in [0.1, 0.15) is 0 Å². The van der Waals surface area contributed by atoms with Crippen LogP contribution in [-0.2, 0) is 6.42 Å². The molecule has 0 saturated carbocycles. The molecule has 0 aliphatic heterocycles. The molecule has 1 aliphatic carbocycles. The van der Waals surface area contributed by atoms with Gasteiger partial charge in [-0.15, -0.1) is 0 Å². The number of fused-ring (bicyclic) bond motifs is 1. The van der Waals surface area contributed by atoms with Crippen LogP contribution >= 0.6 is 0 Å². The van der Waals surface area contributed by atoms with Crippen LogP contribution in [0.2, 0.25) is 0 Å². The Morgan fingerprint density at radius 2 is 2.31 bits per heavy atom. The summed E-state index contributed by atoms with van der Waals surface area (Å²) in [7, 11) is 0. The average Bonchev–Trinajstić information content (AvgIpc) is 2.51. The lowest BCUT2D eigenvalue weighted by Gasteiger charge is -2.09. The van der Waals surface area contributed by atoms with Crippen molar-refractivity contribution in [2.24, 2.45) is 0 Å². The van der Waals surface area contributed by atoms with Gasteiger partial charge < -0.3 is 10.8 Å². The summed E-state index contributed by atoms with van der Waals surface area (Å²) in [6.07, 6.45) is 3.09. The standard InChI is InChI=1S/C11H15NO/c12-11-3-1-2-9-8(6-7-13)4-5-10(9)11/h1-3,8,13H,4-7,12H2. The molecule has 0 fully saturated rings. The first-order chi connectivity index (χ1) is 6.33. The fourth-order valence-electron chi connectivity index (χ4n) is 2.22. The van der Waals surface area contributed by atoms with Gasteiger partial charge in [0.2, 0.25) is 0 Å². The van der Waals surface area contributed by atoms with Gasteiger partial charge in [0.25, 0.3) is 0 Å². The second-order valence-electron chi connectivity index (χ2n) is 3.66. The molecule has 70 valence electrons. The van der Waals surface area contributed by atoms with Crippen molar-refractivity contribution in [3.63, 3.8) is 0 Å². The first-order valence-corrected chi connectivity index (χ1v) is 4.81. The van der Waals surface area contributed by atoms with Gasteiger partial charge in [0.05, 0.1) is 0 Å². The van der Waals surface area contributed by atoms with Gasteiger partial charge in [0.15, 0.2) is 0 Å². The minimum absolute atomic E-state index is 0.277. The van der Waals surface area contributed by atoms with E-state index in [1.807, 2.05) is 12.1 Å². The number of nitrogen functional groups attached to an aromatic ring is 1. The molecular formula is C11H15NO. The zero-order chi connectivity index (χ0) is 9.26. The second-order valence-corrected chi connectivity index (χ2v) is 3.66. The number of aliphatic hydroxyl groups excluding tert-OH is 1. The predicted octanol–water partition coefficient (Wildman–Crippen LogP) is 1.68. The Labute approximate surface area is 78.4 Å². The molecule has 3 N–H and O–H groups in total. The largest absolute Gasteiger partial charge is 0.398 e. The number of nitrogens with two attached hydrogens (primary N) is 1. The molecule has 13 heavy (non-hydrogen) atoms. The van der Waals surface area contributed by atoms with Crippen LogP contribution in [0, 0.1) is 0 Å². The summed E-state index contributed by atoms with van der Waals surface area (Å²) in [4.78, 5) is 0. The third kappa shape index (κ3) is 1.42. The van der Waals surface area contributed by atoms with Crippen LogP contribution in [0.25, 0.3) is 0 Å². The lowest BCUT2D eigenvalue weighted by atomic mass is 9.98. The minimum Gasteiger partial charge on any atom is -0.398 e. The number of rotatable bonds is 2. The van der Waals surface area contributed by atoms with Crippen LogP contribution in [0.1, 0.15) is 29.9 Å². The van der Waals surface area contributed by atoms with Crippen LogP contribution in [0.4, 0.5) is 5.69 Å². The van der Waals surface area contributed by atoms with Gasteiger partial charge in [-0.25, -0.2) is 0 Å². The Morgan fingerprint density at radius 3 is 3.08 bits per heavy atom. The zero-order valence-electron chi connectivity index (χ0n) is 7.66. The average molecular weight is 177 g/mol. The van der Waals surface area contributed by atoms with E-state index >= 15 is 0 Å². The molecule has 0 spiro atoms. The molecule has 0 heterocycles. The van der Waals surface area contributed by atoms with Gasteiger partial charge in [-0.1, -0.05) is 12.1 Å². The first kappa shape index (κ1) is 8.57. The van der Waals surface area contributed by atoms with Crippen molar-refractivity contribution in [2.45, 2.75) is 25.2 Å². The summed E-state index contributed by atoms with van der Waals surface area (Å²) in [5.41, 5.74) is 9.44. The molecule has 2 nitrogen and oxygen atoms in total. The Bertz CT molecular complexity index is 309. The van der Waals surface area contributed by atoms with E-state index in [2.05, 4.69) is 6.07 Å². The van der Waals surface area contributed by atoms with Crippen molar-refractivity contribution in [3.8, 4) is 0 Å². The maximum absolute atomic E-state index is 8.89. The van der Waals surface area contributed by atoms with Crippen molar-refractivity contribution in [1.82, 2.24) is 0 Å². The van der Waals surface area contributed by atoms with Crippen molar-refractivity contribution in [2.75, 3.05) is 12.3 Å². The van der Waals surface area contributed by atoms with Crippen molar-refractivity contribution in [3.05, 3.63) is 29.3 Å². The molecule has 1 aromatic rings. The molecule has 1 unspecified atom stereocenters. The molecule has 0 radical (unpaired) electrons. The molecule has 1 atom stereocenters. The van der Waals surface area contributed by atoms with Crippen LogP contribution in [0.3, 0.4) is 0 Å². The summed E-state index contributed by atoms with van der Waals surface area (Å²) in [6.45, 7) is 0.277. The van der Waals surface area contributed by atoms with Gasteiger partial charge in [-0.05, 0) is 42.4 Å². The Kier molecular flexibility index (Phi) is 2.23. The minimum atomic E-state index is 0.277. The van der Waals surface area contributed by atoms with Gasteiger partial charge >= 0.3 is 0 Å². The highest BCUT2D eigenvalue weighted by Crippen LogP contribution is 2.37. The normalized spacial score (nSPS) is 20.2. The van der Waals surface area contributed by atoms with E-state index in [0.717, 1.165) is 24.9 Å². The second kappa shape index (κ2) is 3.38. The van der Waals surface area contributed by atoms with Crippen molar-refractivity contribution in [1.29, 1.82) is 0 Å². The fourth-order valence-corrected chi connectivity index (χ4v) is 2.22. The molecule has 0 bridgehead atoms. The molecule has 1 aliphatic rings. The number of benzene rings is 1. The highest BCUT2D eigenvalue weighted by molar-refractivity contribution is 5.54. The number of anilines is 1. The first-order valence-electron chi connectivity index (χ1n) is 4.81. The maximum atomic E-state index is 8.89. The number of hydrogen-bond donors (Lipinski definition) is 2. The van der Waals surface area contributed by atoms with E-state index in [-0.39, 0.29) is 6.61 Å². The quantitative estimate of drug-likeness (QED) is 0.675. The molecule has 2 rings (SSSR count). The Morgan fingerprint density at radius 1 is 1.46 bits per heavy atom. The van der Waals surface area contributed by atoms with Gasteiger partial charge in [-0.2, -0.15) is 0 Å². The zero-order valence-corrected chi connectivity index (χ0v) is 7.66. The lowest BCUT2D eigenvalue weighted by molar-refractivity contribution is 0.275. The van der Waals surface area contributed by atoms with Crippen molar-refractivity contribution >= 4 is 5.69 Å². The van der Waals surface area contributed by atoms with Gasteiger partial charge in [-0.3, -0.25) is 0 Å². The van der Waals surface area contributed by atoms with E-state index in [1.54, 1.807) is 0 Å². The topological polar surface area (TPSA) is 46.2 Å². The molecule has 1 aromatic carbocycles. The van der Waals surface area contributed by atoms with E-state index < -0.39 is 0 Å². The summed E-state index contributed by atoms with van der Waals surface area (Å²) < 4.78 is 0.